The molecule has 1 heterocycles. The number of rotatable bonds is 7. The van der Waals surface area contributed by atoms with Crippen LogP contribution in [0.25, 0.3) is 0 Å². The summed E-state index contributed by atoms with van der Waals surface area (Å²) in [6.07, 6.45) is -1.72. The number of anilines is 1. The van der Waals surface area contributed by atoms with Crippen LogP contribution in [0.5, 0.6) is 0 Å². The summed E-state index contributed by atoms with van der Waals surface area (Å²) < 4.78 is 67.0. The van der Waals surface area contributed by atoms with Gasteiger partial charge >= 0.3 is 6.18 Å². The van der Waals surface area contributed by atoms with Gasteiger partial charge in [-0.25, -0.2) is 8.42 Å². The molecular formula is C21H16Cl2F3N3O3S. The summed E-state index contributed by atoms with van der Waals surface area (Å²) in [5.74, 6) is -0.752. The number of pyridine rings is 1. The van der Waals surface area contributed by atoms with Crippen LogP contribution in [0.3, 0.4) is 0 Å². The minimum Gasteiger partial charge on any atom is -0.350 e. The van der Waals surface area contributed by atoms with E-state index in [1.807, 2.05) is 0 Å². The van der Waals surface area contributed by atoms with E-state index in [0.717, 1.165) is 12.1 Å². The predicted molar refractivity (Wildman–Crippen MR) is 119 cm³/mol. The highest BCUT2D eigenvalue weighted by Gasteiger charge is 2.34. The molecule has 33 heavy (non-hydrogen) atoms. The van der Waals surface area contributed by atoms with E-state index in [2.05, 4.69) is 10.3 Å². The molecule has 1 N–H and O–H groups in total. The van der Waals surface area contributed by atoms with Gasteiger partial charge in [0.15, 0.2) is 0 Å². The maximum Gasteiger partial charge on any atom is 0.416 e. The summed E-state index contributed by atoms with van der Waals surface area (Å²) in [5.41, 5.74) is -0.904. The molecule has 0 aliphatic rings. The first-order valence-electron chi connectivity index (χ1n) is 9.29. The van der Waals surface area contributed by atoms with Gasteiger partial charge in [0, 0.05) is 24.0 Å². The van der Waals surface area contributed by atoms with Crippen molar-refractivity contribution in [3.63, 3.8) is 0 Å². The molecule has 6 nitrogen and oxygen atoms in total. The van der Waals surface area contributed by atoms with Crippen LogP contribution >= 0.6 is 23.2 Å². The maximum atomic E-state index is 13.3. The lowest BCUT2D eigenvalue weighted by molar-refractivity contribution is -0.137. The highest BCUT2D eigenvalue weighted by Crippen LogP contribution is 2.37. The van der Waals surface area contributed by atoms with Crippen molar-refractivity contribution in [2.75, 3.05) is 10.8 Å². The molecule has 0 aliphatic heterocycles. The van der Waals surface area contributed by atoms with E-state index in [1.54, 1.807) is 12.1 Å². The first-order chi connectivity index (χ1) is 15.5. The van der Waals surface area contributed by atoms with E-state index >= 15 is 0 Å². The number of carbonyl (C=O) groups is 1. The van der Waals surface area contributed by atoms with E-state index in [1.165, 1.54) is 36.7 Å². The first-order valence-corrected chi connectivity index (χ1v) is 11.5. The second-order valence-electron chi connectivity index (χ2n) is 6.76. The minimum atomic E-state index is -4.75. The molecule has 0 saturated carbocycles. The third-order valence-electron chi connectivity index (χ3n) is 4.47. The van der Waals surface area contributed by atoms with Crippen LogP contribution in [0.2, 0.25) is 10.0 Å². The van der Waals surface area contributed by atoms with Crippen LogP contribution in [0.4, 0.5) is 18.9 Å². The highest BCUT2D eigenvalue weighted by molar-refractivity contribution is 7.92. The lowest BCUT2D eigenvalue weighted by Gasteiger charge is -2.26. The van der Waals surface area contributed by atoms with E-state index in [-0.39, 0.29) is 21.5 Å². The topological polar surface area (TPSA) is 79.4 Å². The third-order valence-corrected chi connectivity index (χ3v) is 6.82. The monoisotopic (exact) mass is 517 g/mol. The van der Waals surface area contributed by atoms with Crippen molar-refractivity contribution in [2.24, 2.45) is 0 Å². The normalized spacial score (nSPS) is 11.8. The predicted octanol–water partition coefficient (Wildman–Crippen LogP) is 4.92. The number of halogens is 5. The van der Waals surface area contributed by atoms with Crippen molar-refractivity contribution < 1.29 is 26.4 Å². The number of carbonyl (C=O) groups excluding carboxylic acids is 1. The molecule has 0 bridgehead atoms. The zero-order chi connectivity index (χ0) is 24.2. The van der Waals surface area contributed by atoms with Crippen molar-refractivity contribution in [2.45, 2.75) is 17.6 Å². The van der Waals surface area contributed by atoms with E-state index in [4.69, 9.17) is 23.2 Å². The molecule has 2 aromatic carbocycles. The summed E-state index contributed by atoms with van der Waals surface area (Å²) in [7, 11) is -4.48. The second-order valence-corrected chi connectivity index (χ2v) is 9.47. The summed E-state index contributed by atoms with van der Waals surface area (Å²) in [6.45, 7) is -0.746. The Morgan fingerprint density at radius 3 is 2.24 bits per heavy atom. The van der Waals surface area contributed by atoms with E-state index < -0.39 is 39.9 Å². The SMILES string of the molecule is O=C(CN(c1cc(C(F)(F)F)ccc1Cl)S(=O)(=O)c1ccc(Cl)cc1)NCc1ccncc1. The number of hydrogen-bond donors (Lipinski definition) is 1. The minimum absolute atomic E-state index is 0.0620. The Bertz CT molecular complexity index is 1240. The van der Waals surface area contributed by atoms with Gasteiger partial charge in [-0.1, -0.05) is 23.2 Å². The molecule has 0 spiro atoms. The molecule has 12 heteroatoms. The average Bonchev–Trinajstić information content (AvgIpc) is 2.77. The molecule has 0 unspecified atom stereocenters. The van der Waals surface area contributed by atoms with Gasteiger partial charge in [-0.05, 0) is 60.2 Å². The number of hydrogen-bond acceptors (Lipinski definition) is 4. The largest absolute Gasteiger partial charge is 0.416 e. The fraction of sp³-hybridized carbons (Fsp3) is 0.143. The van der Waals surface area contributed by atoms with Crippen LogP contribution in [0, 0.1) is 0 Å². The van der Waals surface area contributed by atoms with Crippen molar-refractivity contribution in [3.05, 3.63) is 88.2 Å². The molecular weight excluding hydrogens is 502 g/mol. The van der Waals surface area contributed by atoms with Crippen molar-refractivity contribution in [3.8, 4) is 0 Å². The quantitative estimate of drug-likeness (QED) is 0.482. The Morgan fingerprint density at radius 2 is 1.64 bits per heavy atom. The van der Waals surface area contributed by atoms with Gasteiger partial charge in [-0.3, -0.25) is 14.1 Å². The number of nitrogens with zero attached hydrogens (tertiary/aromatic N) is 2. The lowest BCUT2D eigenvalue weighted by atomic mass is 10.2. The van der Waals surface area contributed by atoms with Gasteiger partial charge in [0.05, 0.1) is 21.2 Å². The lowest BCUT2D eigenvalue weighted by Crippen LogP contribution is -2.41. The average molecular weight is 518 g/mol. The van der Waals surface area contributed by atoms with Crippen molar-refractivity contribution >= 4 is 44.8 Å². The Labute approximate surface area is 198 Å². The number of alkyl halides is 3. The fourth-order valence-electron chi connectivity index (χ4n) is 2.80. The Hall–Kier alpha value is -2.82. The molecule has 0 fully saturated rings. The van der Waals surface area contributed by atoms with Crippen LogP contribution in [0.1, 0.15) is 11.1 Å². The van der Waals surface area contributed by atoms with E-state index in [9.17, 15) is 26.4 Å². The Kier molecular flexibility index (Phi) is 7.51. The van der Waals surface area contributed by atoms with Gasteiger partial charge in [0.1, 0.15) is 6.54 Å². The van der Waals surface area contributed by atoms with Gasteiger partial charge in [-0.2, -0.15) is 13.2 Å². The molecule has 0 aliphatic carbocycles. The summed E-state index contributed by atoms with van der Waals surface area (Å²) in [4.78, 5) is 16.2. The fourth-order valence-corrected chi connectivity index (χ4v) is 4.63. The number of amides is 1. The zero-order valence-electron chi connectivity index (χ0n) is 16.7. The zero-order valence-corrected chi connectivity index (χ0v) is 19.0. The van der Waals surface area contributed by atoms with Crippen molar-refractivity contribution in [1.82, 2.24) is 10.3 Å². The van der Waals surface area contributed by atoms with Gasteiger partial charge in [-0.15, -0.1) is 0 Å². The van der Waals surface area contributed by atoms with Gasteiger partial charge in [0.25, 0.3) is 10.0 Å². The maximum absolute atomic E-state index is 13.3. The molecule has 3 aromatic rings. The number of sulfonamides is 1. The summed E-state index contributed by atoms with van der Waals surface area (Å²) in [5, 5.41) is 2.52. The highest BCUT2D eigenvalue weighted by atomic mass is 35.5. The Balaban J connectivity index is 2.00. The van der Waals surface area contributed by atoms with Crippen LogP contribution < -0.4 is 9.62 Å². The third kappa shape index (κ3) is 6.16. The molecule has 0 radical (unpaired) electrons. The van der Waals surface area contributed by atoms with Crippen molar-refractivity contribution in [1.29, 1.82) is 0 Å². The van der Waals surface area contributed by atoms with Crippen LogP contribution in [-0.2, 0) is 27.5 Å². The van der Waals surface area contributed by atoms with E-state index in [0.29, 0.717) is 15.9 Å². The number of nitrogens with one attached hydrogen (secondary N) is 1. The van der Waals surface area contributed by atoms with Crippen LogP contribution in [-0.4, -0.2) is 25.9 Å². The molecule has 1 aromatic heterocycles. The summed E-state index contributed by atoms with van der Waals surface area (Å²) in [6, 6.07) is 10.5. The molecule has 174 valence electrons. The number of benzene rings is 2. The second kappa shape index (κ2) is 9.98. The van der Waals surface area contributed by atoms with Crippen LogP contribution in [0.15, 0.2) is 71.9 Å². The first kappa shape index (κ1) is 24.8. The molecule has 1 amide bonds. The molecule has 0 saturated heterocycles. The molecule has 0 atom stereocenters. The Morgan fingerprint density at radius 1 is 1.00 bits per heavy atom. The molecule has 3 rings (SSSR count). The summed E-state index contributed by atoms with van der Waals surface area (Å²) >= 11 is 11.9. The van der Waals surface area contributed by atoms with Gasteiger partial charge < -0.3 is 5.32 Å². The number of aromatic nitrogens is 1. The smallest absolute Gasteiger partial charge is 0.350 e. The van der Waals surface area contributed by atoms with Gasteiger partial charge in [0.2, 0.25) is 5.91 Å². The standard InChI is InChI=1S/C21H16Cl2F3N3O3S/c22-16-2-4-17(5-3-16)33(31,32)29(13-20(30)28-12-14-7-9-27-10-8-14)19-11-15(21(24,25)26)1-6-18(19)23/h1-11H,12-13H2,(H,28,30).